The minimum Gasteiger partial charge on any atom is -0.456 e. The molecule has 2 N–H and O–H groups in total. The highest BCUT2D eigenvalue weighted by molar-refractivity contribution is 6.08. The van der Waals surface area contributed by atoms with Crippen molar-refractivity contribution in [2.24, 2.45) is 10.9 Å². The van der Waals surface area contributed by atoms with E-state index in [1.54, 1.807) is 0 Å². The molecule has 4 atom stereocenters. The number of hydrogen-bond donors (Lipinski definition) is 2. The highest BCUT2D eigenvalue weighted by Crippen LogP contribution is 2.51. The summed E-state index contributed by atoms with van der Waals surface area (Å²) in [6.45, 7) is 2.28. The second-order valence-corrected chi connectivity index (χ2v) is 16.2. The van der Waals surface area contributed by atoms with Gasteiger partial charge in [0.15, 0.2) is 0 Å². The van der Waals surface area contributed by atoms with E-state index in [9.17, 15) is 0 Å². The van der Waals surface area contributed by atoms with E-state index >= 15 is 0 Å². The molecule has 0 bridgehead atoms. The number of nitrogens with zero attached hydrogens (tertiary/aromatic N) is 2. The molecule has 2 aliphatic heterocycles. The molecule has 11 rings (SSSR count). The number of allylic oxidation sites excluding steroid dienone is 12. The molecule has 0 radical (unpaired) electrons. The number of fused-ring (bicyclic) bond motifs is 6. The average molecular weight is 743 g/mol. The molecule has 5 aromatic rings. The quantitative estimate of drug-likeness (QED) is 0.182. The van der Waals surface area contributed by atoms with Crippen molar-refractivity contribution in [1.29, 1.82) is 0 Å². The van der Waals surface area contributed by atoms with E-state index in [4.69, 9.17) is 9.41 Å². The number of anilines is 1. The normalized spacial score (nSPS) is 23.7. The highest BCUT2D eigenvalue weighted by atomic mass is 16.3. The van der Waals surface area contributed by atoms with Crippen LogP contribution in [0.1, 0.15) is 68.7 Å². The second kappa shape index (κ2) is 14.1. The van der Waals surface area contributed by atoms with Crippen molar-refractivity contribution in [3.05, 3.63) is 185 Å². The Morgan fingerprint density at radius 2 is 1.63 bits per heavy atom. The lowest BCUT2D eigenvalue weighted by Crippen LogP contribution is -2.49. The van der Waals surface area contributed by atoms with Gasteiger partial charge in [-0.05, 0) is 126 Å². The first-order chi connectivity index (χ1) is 28.1. The maximum absolute atomic E-state index is 6.82. The lowest BCUT2D eigenvalue weighted by atomic mass is 9.91. The van der Waals surface area contributed by atoms with Crippen molar-refractivity contribution in [3.63, 3.8) is 0 Å². The Morgan fingerprint density at radius 1 is 0.737 bits per heavy atom. The Balaban J connectivity index is 1.03. The third kappa shape index (κ3) is 6.09. The maximum Gasteiger partial charge on any atom is 0.136 e. The fraction of sp³-hybridized carbons (Fsp3) is 0.212. The van der Waals surface area contributed by atoms with Crippen LogP contribution in [0, 0.1) is 5.92 Å². The number of furan rings is 1. The summed E-state index contributed by atoms with van der Waals surface area (Å²) in [7, 11) is 0. The Hall–Kier alpha value is -6.17. The van der Waals surface area contributed by atoms with E-state index < -0.39 is 0 Å². The largest absolute Gasteiger partial charge is 0.456 e. The molecule has 57 heavy (non-hydrogen) atoms. The summed E-state index contributed by atoms with van der Waals surface area (Å²) in [4.78, 5) is 7.80. The summed E-state index contributed by atoms with van der Waals surface area (Å²) in [6, 6.07) is 29.1. The fourth-order valence-corrected chi connectivity index (χ4v) is 9.57. The molecule has 1 aromatic heterocycles. The topological polar surface area (TPSA) is 52.8 Å². The summed E-state index contributed by atoms with van der Waals surface area (Å²) in [5.74, 6) is 1.74. The molecule has 280 valence electrons. The van der Waals surface area contributed by atoms with Crippen molar-refractivity contribution in [2.75, 3.05) is 4.90 Å². The molecule has 0 saturated heterocycles. The average Bonchev–Trinajstić information content (AvgIpc) is 3.80. The molecule has 4 unspecified atom stereocenters. The van der Waals surface area contributed by atoms with Crippen LogP contribution in [0.3, 0.4) is 0 Å². The molecule has 5 nitrogen and oxygen atoms in total. The van der Waals surface area contributed by atoms with Crippen LogP contribution >= 0.6 is 0 Å². The number of aliphatic imine (C=N–C) groups is 1. The molecular weight excluding hydrogens is 697 g/mol. The molecular formula is C52H46N4O. The molecule has 5 heteroatoms. The number of amidine groups is 1. The smallest absolute Gasteiger partial charge is 0.136 e. The van der Waals surface area contributed by atoms with Crippen molar-refractivity contribution in [2.45, 2.75) is 63.7 Å². The predicted octanol–water partition coefficient (Wildman–Crippen LogP) is 12.6. The van der Waals surface area contributed by atoms with Crippen LogP contribution in [0.25, 0.3) is 44.2 Å². The Bertz CT molecular complexity index is 2730. The van der Waals surface area contributed by atoms with Gasteiger partial charge in [0.05, 0.1) is 5.69 Å². The first kappa shape index (κ1) is 34.1. The van der Waals surface area contributed by atoms with Gasteiger partial charge in [0.1, 0.15) is 29.3 Å². The van der Waals surface area contributed by atoms with E-state index in [2.05, 4.69) is 174 Å². The zero-order valence-corrected chi connectivity index (χ0v) is 32.3. The maximum atomic E-state index is 6.82. The van der Waals surface area contributed by atoms with Crippen LogP contribution in [0.15, 0.2) is 184 Å². The third-order valence-corrected chi connectivity index (χ3v) is 12.4. The summed E-state index contributed by atoms with van der Waals surface area (Å²) >= 11 is 0. The number of hydrogen-bond acceptors (Lipinski definition) is 5. The third-order valence-electron chi connectivity index (χ3n) is 12.4. The Kier molecular flexibility index (Phi) is 8.43. The second-order valence-electron chi connectivity index (χ2n) is 16.2. The van der Waals surface area contributed by atoms with Crippen molar-refractivity contribution in [1.82, 2.24) is 10.6 Å². The van der Waals surface area contributed by atoms with Gasteiger partial charge in [-0.15, -0.1) is 0 Å². The van der Waals surface area contributed by atoms with E-state index in [1.165, 1.54) is 44.9 Å². The summed E-state index contributed by atoms with van der Waals surface area (Å²) in [5.41, 5.74) is 15.4. The molecule has 3 heterocycles. The number of nitrogens with one attached hydrogen (secondary N) is 2. The summed E-state index contributed by atoms with van der Waals surface area (Å²) < 4.78 is 6.82. The van der Waals surface area contributed by atoms with Gasteiger partial charge in [-0.1, -0.05) is 116 Å². The number of benzene rings is 4. The Labute approximate surface area is 334 Å². The SMILES string of the molecule is CC1C=C(C2=NC(C3=CC=CCC3)NC(c3cc(-c4ccccc4)ccc3-c3ccc4c(c3)oc3cc5c(cc34)N(C3=CCCC=C3)C3=CC=CCC35)N2)C=CC1. The van der Waals surface area contributed by atoms with Crippen LogP contribution in [0.2, 0.25) is 0 Å². The van der Waals surface area contributed by atoms with Crippen molar-refractivity contribution >= 4 is 33.5 Å². The zero-order chi connectivity index (χ0) is 37.9. The van der Waals surface area contributed by atoms with Gasteiger partial charge in [-0.25, -0.2) is 4.99 Å². The van der Waals surface area contributed by atoms with Crippen molar-refractivity contribution in [3.8, 4) is 22.3 Å². The highest BCUT2D eigenvalue weighted by Gasteiger charge is 2.36. The van der Waals surface area contributed by atoms with Gasteiger partial charge in [-0.2, -0.15) is 0 Å². The van der Waals surface area contributed by atoms with Crippen LogP contribution in [-0.2, 0) is 0 Å². The monoisotopic (exact) mass is 742 g/mol. The standard InChI is InChI=1S/C52H46N4O/c1-33-14-13-19-38(28-33)51-53-50(35-17-7-3-8-18-35)54-52(55-51)45-29-36(34-15-5-2-6-16-34)24-26-40(45)37-25-27-42-44-31-47-43(32-49(44)57-48(42)30-37)41-22-11-12-23-46(41)56(47)39-20-9-4-10-21-39/h2-3,5-7,9,11-13,15-17,19-21,23-33,41,50,52,54H,4,8,10,14,18,22H2,1H3,(H,53,55). The minimum absolute atomic E-state index is 0.134. The summed E-state index contributed by atoms with van der Waals surface area (Å²) in [5, 5.41) is 10.1. The van der Waals surface area contributed by atoms with Gasteiger partial charge in [0.2, 0.25) is 0 Å². The minimum atomic E-state index is -0.185. The summed E-state index contributed by atoms with van der Waals surface area (Å²) in [6.07, 6.45) is 33.2. The molecule has 0 fully saturated rings. The molecule has 0 spiro atoms. The van der Waals surface area contributed by atoms with Gasteiger partial charge >= 0.3 is 0 Å². The predicted molar refractivity (Wildman–Crippen MR) is 236 cm³/mol. The molecule has 4 aromatic carbocycles. The van der Waals surface area contributed by atoms with Gasteiger partial charge < -0.3 is 14.6 Å². The zero-order valence-electron chi connectivity index (χ0n) is 32.3. The van der Waals surface area contributed by atoms with E-state index in [0.717, 1.165) is 83.0 Å². The van der Waals surface area contributed by atoms with E-state index in [1.807, 2.05) is 0 Å². The van der Waals surface area contributed by atoms with Gasteiger partial charge in [0.25, 0.3) is 0 Å². The van der Waals surface area contributed by atoms with Crippen LogP contribution in [-0.4, -0.2) is 12.0 Å². The Morgan fingerprint density at radius 3 is 2.49 bits per heavy atom. The van der Waals surface area contributed by atoms with Gasteiger partial charge in [-0.3, -0.25) is 5.32 Å². The van der Waals surface area contributed by atoms with Crippen molar-refractivity contribution < 1.29 is 4.42 Å². The van der Waals surface area contributed by atoms with E-state index in [0.29, 0.717) is 11.8 Å². The molecule has 0 saturated carbocycles. The first-order valence-corrected chi connectivity index (χ1v) is 20.7. The molecule has 4 aliphatic carbocycles. The lowest BCUT2D eigenvalue weighted by Gasteiger charge is -2.35. The van der Waals surface area contributed by atoms with Crippen LogP contribution < -0.4 is 15.5 Å². The lowest BCUT2D eigenvalue weighted by molar-refractivity contribution is 0.425. The first-order valence-electron chi connectivity index (χ1n) is 20.7. The van der Waals surface area contributed by atoms with Gasteiger partial charge in [0, 0.05) is 33.7 Å². The van der Waals surface area contributed by atoms with Crippen LogP contribution in [0.4, 0.5) is 5.69 Å². The molecule has 0 amide bonds. The van der Waals surface area contributed by atoms with Crippen LogP contribution in [0.5, 0.6) is 0 Å². The van der Waals surface area contributed by atoms with E-state index in [-0.39, 0.29) is 12.3 Å². The fourth-order valence-electron chi connectivity index (χ4n) is 9.57. The molecule has 6 aliphatic rings. The number of rotatable bonds is 6.